The lowest BCUT2D eigenvalue weighted by Crippen LogP contribution is -3.09. The van der Waals surface area contributed by atoms with Crippen molar-refractivity contribution in [3.8, 4) is 11.5 Å². The number of amidine groups is 1. The van der Waals surface area contributed by atoms with Gasteiger partial charge in [0, 0.05) is 40.7 Å². The molecule has 1 saturated heterocycles. The highest BCUT2D eigenvalue weighted by Gasteiger charge is 2.54. The second-order valence-corrected chi connectivity index (χ2v) is 15.2. The van der Waals surface area contributed by atoms with Crippen LogP contribution in [0.25, 0.3) is 0 Å². The van der Waals surface area contributed by atoms with Crippen LogP contribution in [0.3, 0.4) is 0 Å². The molecule has 9 N–H and O–H groups in total. The molecule has 2 aliphatic carbocycles. The maximum atomic E-state index is 14.5. The van der Waals surface area contributed by atoms with Crippen LogP contribution in [-0.2, 0) is 27.4 Å². The van der Waals surface area contributed by atoms with Crippen molar-refractivity contribution in [2.45, 2.75) is 87.5 Å². The van der Waals surface area contributed by atoms with Gasteiger partial charge in [-0.2, -0.15) is 4.99 Å². The van der Waals surface area contributed by atoms with E-state index < -0.39 is 73.1 Å². The average molecular weight is 813 g/mol. The summed E-state index contributed by atoms with van der Waals surface area (Å²) in [5.41, 5.74) is -0.272. The van der Waals surface area contributed by atoms with E-state index >= 15 is 0 Å². The molecular formula is C41H42N5O13+. The SMILES string of the molecule is N=C1N=C2C(=NC[NH+]2c2ccccc2Cc2cc3c(c(OC[C@H](O)CC=O)c2O[C@H]2O[C@@H](C4(O)CCCC4)[C@H](O)[C@@H](O)[C@@H]2O)C(=O)c2cc(CO)ccc2C3=O)C(=O)N1. The number of benzene rings is 3. The lowest BCUT2D eigenvalue weighted by molar-refractivity contribution is -0.723. The van der Waals surface area contributed by atoms with Crippen molar-refractivity contribution in [3.63, 3.8) is 0 Å². The molecule has 0 aromatic heterocycles. The van der Waals surface area contributed by atoms with Gasteiger partial charge < -0.3 is 49.6 Å². The van der Waals surface area contributed by atoms with Crippen LogP contribution in [0, 0.1) is 5.41 Å². The van der Waals surface area contributed by atoms with Crippen molar-refractivity contribution in [1.82, 2.24) is 5.32 Å². The number of carbonyl (C=O) groups is 4. The second-order valence-electron chi connectivity index (χ2n) is 15.2. The Morgan fingerprint density at radius 2 is 1.73 bits per heavy atom. The molecular weight excluding hydrogens is 770 g/mol. The molecule has 3 aromatic rings. The molecule has 2 fully saturated rings. The number of hydrogen-bond donors (Lipinski definition) is 9. The number of aldehydes is 1. The number of ketones is 2. The van der Waals surface area contributed by atoms with Crippen LogP contribution in [0.2, 0.25) is 0 Å². The van der Waals surface area contributed by atoms with Gasteiger partial charge in [-0.15, -0.1) is 0 Å². The van der Waals surface area contributed by atoms with E-state index in [2.05, 4.69) is 15.3 Å². The van der Waals surface area contributed by atoms with Crippen molar-refractivity contribution in [1.29, 1.82) is 5.41 Å². The summed E-state index contributed by atoms with van der Waals surface area (Å²) >= 11 is 0. The van der Waals surface area contributed by atoms with E-state index in [-0.39, 0.29) is 89.2 Å². The Hall–Kier alpha value is -5.57. The summed E-state index contributed by atoms with van der Waals surface area (Å²) in [5, 5.41) is 75.9. The predicted octanol–water partition coefficient (Wildman–Crippen LogP) is -1.24. The summed E-state index contributed by atoms with van der Waals surface area (Å²) in [5.74, 6) is -2.66. The maximum absolute atomic E-state index is 14.5. The zero-order valence-corrected chi connectivity index (χ0v) is 31.5. The number of nitrogens with one attached hydrogen (secondary N) is 3. The number of nitrogens with zero attached hydrogens (tertiary/aromatic N) is 2. The number of hydrogen-bond acceptors (Lipinski definition) is 15. The van der Waals surface area contributed by atoms with E-state index in [1.807, 2.05) is 0 Å². The van der Waals surface area contributed by atoms with Gasteiger partial charge in [0.15, 0.2) is 29.7 Å². The number of aliphatic hydroxyl groups excluding tert-OH is 5. The first-order valence-electron chi connectivity index (χ1n) is 19.2. The van der Waals surface area contributed by atoms with E-state index in [1.165, 1.54) is 24.3 Å². The quantitative estimate of drug-likeness (QED) is 0.0758. The molecule has 0 spiro atoms. The Kier molecular flexibility index (Phi) is 10.8. The summed E-state index contributed by atoms with van der Waals surface area (Å²) < 4.78 is 18.7. The number of rotatable bonds is 12. The van der Waals surface area contributed by atoms with Crippen molar-refractivity contribution in [2.75, 3.05) is 13.3 Å². The largest absolute Gasteiger partial charge is 0.486 e. The molecule has 1 saturated carbocycles. The summed E-state index contributed by atoms with van der Waals surface area (Å²) in [7, 11) is 0. The zero-order valence-electron chi connectivity index (χ0n) is 31.5. The van der Waals surface area contributed by atoms with Gasteiger partial charge in [-0.25, -0.2) is 9.89 Å². The summed E-state index contributed by atoms with van der Waals surface area (Å²) in [6, 6.07) is 12.7. The average Bonchev–Trinajstić information content (AvgIpc) is 3.86. The third kappa shape index (κ3) is 7.16. The van der Waals surface area contributed by atoms with E-state index in [0.717, 1.165) is 0 Å². The van der Waals surface area contributed by atoms with Crippen molar-refractivity contribution in [3.05, 3.63) is 87.5 Å². The lowest BCUT2D eigenvalue weighted by atomic mass is 9.81. The molecule has 3 heterocycles. The van der Waals surface area contributed by atoms with Crippen LogP contribution < -0.4 is 19.7 Å². The highest BCUT2D eigenvalue weighted by Crippen LogP contribution is 2.46. The van der Waals surface area contributed by atoms with Crippen LogP contribution in [0.1, 0.15) is 80.6 Å². The van der Waals surface area contributed by atoms with Gasteiger partial charge in [-0.1, -0.05) is 37.1 Å². The minimum Gasteiger partial charge on any atom is -0.486 e. The third-order valence-corrected chi connectivity index (χ3v) is 11.4. The number of carbonyl (C=O) groups excluding carboxylic acids is 4. The third-order valence-electron chi connectivity index (χ3n) is 11.4. The summed E-state index contributed by atoms with van der Waals surface area (Å²) in [4.78, 5) is 62.0. The first-order chi connectivity index (χ1) is 28.3. The number of ether oxygens (including phenoxy) is 3. The Labute approximate surface area is 335 Å². The number of aliphatic hydroxyl groups is 6. The van der Waals surface area contributed by atoms with Gasteiger partial charge in [0.05, 0.1) is 23.9 Å². The van der Waals surface area contributed by atoms with Gasteiger partial charge in [0.1, 0.15) is 43.0 Å². The molecule has 0 radical (unpaired) electrons. The fraction of sp³-hybridized carbons (Fsp3) is 0.390. The molecule has 8 rings (SSSR count). The molecule has 59 heavy (non-hydrogen) atoms. The minimum absolute atomic E-state index is 0.0460. The topological polar surface area (TPSA) is 282 Å². The molecule has 3 aromatic carbocycles. The first kappa shape index (κ1) is 40.2. The lowest BCUT2D eigenvalue weighted by Gasteiger charge is -2.45. The number of quaternary nitrogens is 1. The monoisotopic (exact) mass is 812 g/mol. The van der Waals surface area contributed by atoms with Crippen molar-refractivity contribution in [2.24, 2.45) is 9.98 Å². The van der Waals surface area contributed by atoms with Gasteiger partial charge >= 0.3 is 0 Å². The number of aliphatic imine (C=N–C) groups is 2. The van der Waals surface area contributed by atoms with Gasteiger partial charge in [0.2, 0.25) is 18.0 Å². The number of para-hydroxylation sites is 1. The van der Waals surface area contributed by atoms with Crippen LogP contribution in [0.5, 0.6) is 11.5 Å². The minimum atomic E-state index is -1.92. The summed E-state index contributed by atoms with van der Waals surface area (Å²) in [6.45, 7) is -0.956. The normalized spacial score (nSPS) is 26.3. The fourth-order valence-electron chi connectivity index (χ4n) is 8.43. The second kappa shape index (κ2) is 15.9. The molecule has 0 bridgehead atoms. The molecule has 3 aliphatic heterocycles. The van der Waals surface area contributed by atoms with Crippen molar-refractivity contribution < 1.29 is 68.9 Å². The Morgan fingerprint density at radius 1 is 0.966 bits per heavy atom. The number of guanidine groups is 1. The predicted molar refractivity (Wildman–Crippen MR) is 204 cm³/mol. The molecule has 1 unspecified atom stereocenters. The Morgan fingerprint density at radius 3 is 2.47 bits per heavy atom. The van der Waals surface area contributed by atoms with Crippen molar-refractivity contribution >= 4 is 47.0 Å². The Bertz CT molecular complexity index is 2320. The van der Waals surface area contributed by atoms with Gasteiger partial charge in [-0.3, -0.25) is 25.1 Å². The molecule has 7 atom stereocenters. The number of fused-ring (bicyclic) bond motifs is 3. The molecule has 18 nitrogen and oxygen atoms in total. The molecule has 1 amide bonds. The number of amides is 1. The highest BCUT2D eigenvalue weighted by molar-refractivity contribution is 6.68. The van der Waals surface area contributed by atoms with E-state index in [0.29, 0.717) is 40.8 Å². The molecule has 5 aliphatic rings. The maximum Gasteiger partial charge on any atom is 0.284 e. The highest BCUT2D eigenvalue weighted by atomic mass is 16.7. The summed E-state index contributed by atoms with van der Waals surface area (Å²) in [6.07, 6.45) is -8.38. The molecule has 18 heteroatoms. The fourth-order valence-corrected chi connectivity index (χ4v) is 8.43. The van der Waals surface area contributed by atoms with Crippen LogP contribution in [0.15, 0.2) is 58.5 Å². The van der Waals surface area contributed by atoms with Gasteiger partial charge in [0.25, 0.3) is 11.7 Å². The first-order valence-corrected chi connectivity index (χ1v) is 19.2. The van der Waals surface area contributed by atoms with Crippen LogP contribution >= 0.6 is 0 Å². The van der Waals surface area contributed by atoms with E-state index in [4.69, 9.17) is 19.6 Å². The Balaban J connectivity index is 1.30. The smallest absolute Gasteiger partial charge is 0.284 e. The van der Waals surface area contributed by atoms with Crippen LogP contribution in [0.4, 0.5) is 5.69 Å². The standard InChI is InChI=1S/C41H41N5O13/c42-40-44-37-28(38(55)45-40)43-18-46(37)26-6-2-1-5-20(26)14-21-15-25-27(30(51)24-13-19(16-48)7-8-23(24)29(25)50)35(57-17-22(49)9-12-47)34(21)58-39-33(54)31(52)32(53)36(59-39)41(56)10-3-4-11-41/h1-2,5-8,12-13,15,22,31-33,36,39,48-49,52-54,56H,3-4,9-11,14,16-18H2,(H2,42,45,55)/p+1/t22-,31-,32-,33+,36-,39+/m1/s1. The van der Waals surface area contributed by atoms with E-state index in [1.54, 1.807) is 24.3 Å². The van der Waals surface area contributed by atoms with Gasteiger partial charge in [-0.05, 0) is 42.7 Å². The zero-order chi connectivity index (χ0) is 41.7. The van der Waals surface area contributed by atoms with Crippen LogP contribution in [-0.4, -0.2) is 128 Å². The van der Waals surface area contributed by atoms with E-state index in [9.17, 15) is 49.8 Å². The molecule has 308 valence electrons.